The third-order valence-electron chi connectivity index (χ3n) is 1.96. The highest BCUT2D eigenvalue weighted by Gasteiger charge is 2.11. The first kappa shape index (κ1) is 12.3. The minimum Gasteiger partial charge on any atom is -0.223 e. The molecule has 0 amide bonds. The van der Waals surface area contributed by atoms with Gasteiger partial charge in [-0.05, 0) is 18.6 Å². The van der Waals surface area contributed by atoms with Crippen LogP contribution in [0.15, 0.2) is 46.3 Å². The van der Waals surface area contributed by atoms with Gasteiger partial charge in [0.1, 0.15) is 0 Å². The molecule has 0 saturated carbocycles. The number of benzene rings is 1. The van der Waals surface area contributed by atoms with Crippen LogP contribution >= 0.6 is 11.6 Å². The molecular weight excluding hydrogens is 232 g/mol. The summed E-state index contributed by atoms with van der Waals surface area (Å²) in [6.07, 6.45) is 2.20. The summed E-state index contributed by atoms with van der Waals surface area (Å²) in [6, 6.07) is 8.37. The predicted molar refractivity (Wildman–Crippen MR) is 62.7 cm³/mol. The zero-order chi connectivity index (χ0) is 11.3. The van der Waals surface area contributed by atoms with E-state index in [1.165, 1.54) is 0 Å². The van der Waals surface area contributed by atoms with Crippen molar-refractivity contribution >= 4 is 21.4 Å². The molecule has 0 saturated heterocycles. The molecule has 0 bridgehead atoms. The molecule has 0 unspecified atom stereocenters. The second-order valence-corrected chi connectivity index (χ2v) is 5.62. The van der Waals surface area contributed by atoms with Gasteiger partial charge in [-0.1, -0.05) is 42.8 Å². The summed E-state index contributed by atoms with van der Waals surface area (Å²) in [5.41, 5.74) is 0. The van der Waals surface area contributed by atoms with Crippen molar-refractivity contribution in [3.8, 4) is 0 Å². The lowest BCUT2D eigenvalue weighted by molar-refractivity contribution is 0.599. The van der Waals surface area contributed by atoms with Gasteiger partial charge in [-0.25, -0.2) is 8.42 Å². The minimum atomic E-state index is -3.23. The van der Waals surface area contributed by atoms with Crippen molar-refractivity contribution in [3.63, 3.8) is 0 Å². The molecule has 1 rings (SSSR count). The largest absolute Gasteiger partial charge is 0.223 e. The Kier molecular flexibility index (Phi) is 4.36. The first-order valence-electron chi connectivity index (χ1n) is 4.68. The molecule has 82 valence electrons. The second kappa shape index (κ2) is 5.33. The van der Waals surface area contributed by atoms with E-state index in [-0.39, 0.29) is 5.75 Å². The maximum atomic E-state index is 11.7. The number of halogens is 1. The molecule has 1 aromatic carbocycles. The fourth-order valence-corrected chi connectivity index (χ4v) is 2.42. The molecule has 2 nitrogen and oxygen atoms in total. The van der Waals surface area contributed by atoms with Crippen molar-refractivity contribution in [1.82, 2.24) is 0 Å². The zero-order valence-corrected chi connectivity index (χ0v) is 10.1. The Labute approximate surface area is 95.5 Å². The molecule has 0 aliphatic heterocycles. The van der Waals surface area contributed by atoms with Crippen molar-refractivity contribution in [2.24, 2.45) is 0 Å². The number of sulfone groups is 1. The van der Waals surface area contributed by atoms with E-state index in [0.717, 1.165) is 0 Å². The van der Waals surface area contributed by atoms with Crippen LogP contribution in [-0.2, 0) is 9.84 Å². The van der Waals surface area contributed by atoms with E-state index >= 15 is 0 Å². The van der Waals surface area contributed by atoms with Crippen LogP contribution < -0.4 is 0 Å². The van der Waals surface area contributed by atoms with Gasteiger partial charge in [0.15, 0.2) is 9.84 Å². The fourth-order valence-electron chi connectivity index (χ4n) is 1.07. The van der Waals surface area contributed by atoms with Crippen LogP contribution in [0.2, 0.25) is 0 Å². The second-order valence-electron chi connectivity index (χ2n) is 3.10. The lowest BCUT2D eigenvalue weighted by Gasteiger charge is -2.00. The summed E-state index contributed by atoms with van der Waals surface area (Å²) in [5, 5.41) is 0.578. The zero-order valence-electron chi connectivity index (χ0n) is 8.48. The Morgan fingerprint density at radius 3 is 2.47 bits per heavy atom. The first-order chi connectivity index (χ1) is 7.06. The Bertz CT molecular complexity index is 435. The van der Waals surface area contributed by atoms with E-state index in [0.29, 0.717) is 16.3 Å². The molecule has 0 fully saturated rings. The highest BCUT2D eigenvalue weighted by molar-refractivity contribution is 7.91. The lowest BCUT2D eigenvalue weighted by atomic mass is 10.4. The van der Waals surface area contributed by atoms with Crippen molar-refractivity contribution in [2.45, 2.75) is 18.2 Å². The van der Waals surface area contributed by atoms with Crippen LogP contribution in [0, 0.1) is 0 Å². The Balaban J connectivity index is 2.87. The molecule has 0 aliphatic carbocycles. The van der Waals surface area contributed by atoms with Crippen LogP contribution in [0.25, 0.3) is 0 Å². The molecule has 0 heterocycles. The van der Waals surface area contributed by atoms with Gasteiger partial charge in [0, 0.05) is 5.03 Å². The molecule has 0 atom stereocenters. The molecule has 1 aromatic rings. The highest BCUT2D eigenvalue weighted by atomic mass is 35.5. The third kappa shape index (κ3) is 3.68. The average Bonchev–Trinajstić information content (AvgIpc) is 2.27. The summed E-state index contributed by atoms with van der Waals surface area (Å²) in [7, 11) is -3.23. The normalized spacial score (nSPS) is 12.8. The molecule has 0 aromatic heterocycles. The molecule has 0 N–H and O–H groups in total. The highest BCUT2D eigenvalue weighted by Crippen LogP contribution is 2.13. The Morgan fingerprint density at radius 2 is 1.93 bits per heavy atom. The van der Waals surface area contributed by atoms with E-state index in [1.54, 1.807) is 36.4 Å². The SMILES string of the molecule is CC/C(Cl)=C\CS(=O)(=O)c1ccccc1. The molecule has 4 heteroatoms. The van der Waals surface area contributed by atoms with E-state index in [1.807, 2.05) is 6.92 Å². The van der Waals surface area contributed by atoms with Gasteiger partial charge in [-0.3, -0.25) is 0 Å². The van der Waals surface area contributed by atoms with E-state index in [2.05, 4.69) is 0 Å². The average molecular weight is 245 g/mol. The fraction of sp³-hybridized carbons (Fsp3) is 0.273. The summed E-state index contributed by atoms with van der Waals surface area (Å²) >= 11 is 5.76. The Hall–Kier alpha value is -0.800. The molecule has 0 spiro atoms. The van der Waals surface area contributed by atoms with Gasteiger partial charge < -0.3 is 0 Å². The van der Waals surface area contributed by atoms with Crippen LogP contribution in [0.4, 0.5) is 0 Å². The van der Waals surface area contributed by atoms with Gasteiger partial charge in [0.2, 0.25) is 0 Å². The summed E-state index contributed by atoms with van der Waals surface area (Å²) in [5.74, 6) is -0.0380. The van der Waals surface area contributed by atoms with E-state index < -0.39 is 9.84 Å². The maximum absolute atomic E-state index is 11.7. The van der Waals surface area contributed by atoms with E-state index in [9.17, 15) is 8.42 Å². The van der Waals surface area contributed by atoms with Gasteiger partial charge in [-0.15, -0.1) is 0 Å². The smallest absolute Gasteiger partial charge is 0.181 e. The number of hydrogen-bond donors (Lipinski definition) is 0. The number of allylic oxidation sites excluding steroid dienone is 1. The van der Waals surface area contributed by atoms with Gasteiger partial charge in [0.05, 0.1) is 10.6 Å². The summed E-state index contributed by atoms with van der Waals surface area (Å²) in [4.78, 5) is 0.335. The lowest BCUT2D eigenvalue weighted by Crippen LogP contribution is -2.04. The quantitative estimate of drug-likeness (QED) is 0.816. The van der Waals surface area contributed by atoms with Crippen molar-refractivity contribution < 1.29 is 8.42 Å². The van der Waals surface area contributed by atoms with Gasteiger partial charge >= 0.3 is 0 Å². The van der Waals surface area contributed by atoms with Crippen LogP contribution in [0.1, 0.15) is 13.3 Å². The van der Waals surface area contributed by atoms with Crippen molar-refractivity contribution in [3.05, 3.63) is 41.4 Å². The molecule has 0 radical (unpaired) electrons. The summed E-state index contributed by atoms with van der Waals surface area (Å²) < 4.78 is 23.5. The van der Waals surface area contributed by atoms with E-state index in [4.69, 9.17) is 11.6 Å². The molecule has 15 heavy (non-hydrogen) atoms. The van der Waals surface area contributed by atoms with Crippen molar-refractivity contribution in [2.75, 3.05) is 5.75 Å². The number of rotatable bonds is 4. The van der Waals surface area contributed by atoms with Crippen molar-refractivity contribution in [1.29, 1.82) is 0 Å². The molecule has 0 aliphatic rings. The van der Waals surface area contributed by atoms with Gasteiger partial charge in [-0.2, -0.15) is 0 Å². The number of hydrogen-bond acceptors (Lipinski definition) is 2. The molecular formula is C11H13ClO2S. The predicted octanol–water partition coefficient (Wildman–Crippen LogP) is 2.99. The summed E-state index contributed by atoms with van der Waals surface area (Å²) in [6.45, 7) is 1.88. The maximum Gasteiger partial charge on any atom is 0.181 e. The standard InChI is InChI=1S/C11H13ClO2S/c1-2-10(12)8-9-15(13,14)11-6-4-3-5-7-11/h3-8H,2,9H2,1H3/b10-8+. The first-order valence-corrected chi connectivity index (χ1v) is 6.71. The third-order valence-corrected chi connectivity index (χ3v) is 3.98. The topological polar surface area (TPSA) is 34.1 Å². The van der Waals surface area contributed by atoms with Crippen LogP contribution in [0.5, 0.6) is 0 Å². The van der Waals surface area contributed by atoms with Gasteiger partial charge in [0.25, 0.3) is 0 Å². The van der Waals surface area contributed by atoms with Crippen LogP contribution in [0.3, 0.4) is 0 Å². The van der Waals surface area contributed by atoms with Crippen LogP contribution in [-0.4, -0.2) is 14.2 Å². The monoisotopic (exact) mass is 244 g/mol. The minimum absolute atomic E-state index is 0.0380. The Morgan fingerprint density at radius 1 is 1.33 bits per heavy atom.